The van der Waals surface area contributed by atoms with Crippen LogP contribution in [-0.2, 0) is 6.54 Å². The van der Waals surface area contributed by atoms with Crippen molar-refractivity contribution in [3.8, 4) is 0 Å². The molecule has 156 valence electrons. The fourth-order valence-corrected chi connectivity index (χ4v) is 3.46. The molecule has 2 amide bonds. The lowest BCUT2D eigenvalue weighted by Gasteiger charge is -2.08. The minimum absolute atomic E-state index is 0.0799. The number of rotatable bonds is 7. The van der Waals surface area contributed by atoms with Gasteiger partial charge in [0.2, 0.25) is 0 Å². The first-order valence-electron chi connectivity index (χ1n) is 9.25. The number of halogens is 1. The standard InChI is InChI=1S/C21H21FN4O3S/c1-12(2)26-10-14(9-24-26)8-23-20(28)15-4-17(22)7-18(5-15)25-21(29)16-6-19(13(3)27)30-11-16/h4-7,9-12H,8H2,1-3H3,(H,23,28)(H,25,29). The van der Waals surface area contributed by atoms with Gasteiger partial charge in [0.1, 0.15) is 5.82 Å². The van der Waals surface area contributed by atoms with Crippen molar-refractivity contribution in [2.24, 2.45) is 0 Å². The molecule has 0 aliphatic heterocycles. The molecule has 0 bridgehead atoms. The number of thiophene rings is 1. The number of carbonyl (C=O) groups is 3. The predicted molar refractivity (Wildman–Crippen MR) is 112 cm³/mol. The van der Waals surface area contributed by atoms with E-state index in [1.807, 2.05) is 20.0 Å². The number of nitrogens with one attached hydrogen (secondary N) is 2. The summed E-state index contributed by atoms with van der Waals surface area (Å²) in [5.74, 6) is -1.75. The Labute approximate surface area is 176 Å². The molecule has 0 fully saturated rings. The molecular weight excluding hydrogens is 407 g/mol. The smallest absolute Gasteiger partial charge is 0.256 e. The number of benzene rings is 1. The van der Waals surface area contributed by atoms with E-state index < -0.39 is 17.6 Å². The van der Waals surface area contributed by atoms with Crippen molar-refractivity contribution >= 4 is 34.6 Å². The minimum atomic E-state index is -0.652. The molecule has 30 heavy (non-hydrogen) atoms. The van der Waals surface area contributed by atoms with Gasteiger partial charge in [-0.3, -0.25) is 19.1 Å². The van der Waals surface area contributed by atoms with Crippen LogP contribution in [0.2, 0.25) is 0 Å². The highest BCUT2D eigenvalue weighted by Gasteiger charge is 2.14. The Kier molecular flexibility index (Phi) is 6.41. The molecule has 2 heterocycles. The fourth-order valence-electron chi connectivity index (χ4n) is 2.67. The van der Waals surface area contributed by atoms with E-state index in [-0.39, 0.29) is 29.6 Å². The zero-order valence-electron chi connectivity index (χ0n) is 16.7. The van der Waals surface area contributed by atoms with Crippen LogP contribution >= 0.6 is 11.3 Å². The van der Waals surface area contributed by atoms with Crippen LogP contribution in [0.1, 0.15) is 62.8 Å². The number of carbonyl (C=O) groups excluding carboxylic acids is 3. The highest BCUT2D eigenvalue weighted by atomic mass is 32.1. The Balaban J connectivity index is 1.68. The third-order valence-corrected chi connectivity index (χ3v) is 5.29. The van der Waals surface area contributed by atoms with Crippen LogP contribution in [0.4, 0.5) is 10.1 Å². The van der Waals surface area contributed by atoms with Gasteiger partial charge in [-0.1, -0.05) is 0 Å². The van der Waals surface area contributed by atoms with E-state index in [0.29, 0.717) is 10.4 Å². The van der Waals surface area contributed by atoms with Crippen LogP contribution in [-0.4, -0.2) is 27.4 Å². The van der Waals surface area contributed by atoms with Gasteiger partial charge in [0.25, 0.3) is 11.8 Å². The molecular formula is C21H21FN4O3S. The topological polar surface area (TPSA) is 93.1 Å². The number of aromatic nitrogens is 2. The number of ketones is 1. The molecule has 3 rings (SSSR count). The zero-order valence-corrected chi connectivity index (χ0v) is 17.5. The summed E-state index contributed by atoms with van der Waals surface area (Å²) in [4.78, 5) is 36.6. The van der Waals surface area contributed by atoms with Crippen LogP contribution < -0.4 is 10.6 Å². The second-order valence-electron chi connectivity index (χ2n) is 7.04. The third kappa shape index (κ3) is 5.18. The number of anilines is 1. The lowest BCUT2D eigenvalue weighted by molar-refractivity contribution is 0.0948. The summed E-state index contributed by atoms with van der Waals surface area (Å²) >= 11 is 1.16. The molecule has 0 radical (unpaired) electrons. The molecule has 9 heteroatoms. The SMILES string of the molecule is CC(=O)c1cc(C(=O)Nc2cc(F)cc(C(=O)NCc3cnn(C(C)C)c3)c2)cs1. The molecule has 1 aromatic carbocycles. The number of hydrogen-bond acceptors (Lipinski definition) is 5. The Hall–Kier alpha value is -3.33. The first kappa shape index (κ1) is 21.4. The molecule has 3 aromatic rings. The summed E-state index contributed by atoms with van der Waals surface area (Å²) in [7, 11) is 0. The lowest BCUT2D eigenvalue weighted by atomic mass is 10.1. The minimum Gasteiger partial charge on any atom is -0.348 e. The fraction of sp³-hybridized carbons (Fsp3) is 0.238. The van der Waals surface area contributed by atoms with Crippen molar-refractivity contribution in [1.29, 1.82) is 0 Å². The highest BCUT2D eigenvalue weighted by Crippen LogP contribution is 2.19. The molecule has 7 nitrogen and oxygen atoms in total. The van der Waals surface area contributed by atoms with E-state index >= 15 is 0 Å². The Bertz CT molecular complexity index is 1100. The van der Waals surface area contributed by atoms with Crippen LogP contribution in [0.5, 0.6) is 0 Å². The van der Waals surface area contributed by atoms with Gasteiger partial charge in [-0.05, 0) is 45.0 Å². The number of hydrogen-bond donors (Lipinski definition) is 2. The van der Waals surface area contributed by atoms with Gasteiger partial charge < -0.3 is 10.6 Å². The summed E-state index contributed by atoms with van der Waals surface area (Å²) in [5.41, 5.74) is 1.34. The monoisotopic (exact) mass is 428 g/mol. The Morgan fingerprint density at radius 1 is 1.13 bits per heavy atom. The molecule has 0 aliphatic carbocycles. The van der Waals surface area contributed by atoms with Gasteiger partial charge >= 0.3 is 0 Å². The third-order valence-electron chi connectivity index (χ3n) is 4.26. The quantitative estimate of drug-likeness (QED) is 0.555. The zero-order chi connectivity index (χ0) is 21.8. The lowest BCUT2D eigenvalue weighted by Crippen LogP contribution is -2.23. The predicted octanol–water partition coefficient (Wildman–Crippen LogP) is 4.05. The largest absolute Gasteiger partial charge is 0.348 e. The Morgan fingerprint density at radius 2 is 1.90 bits per heavy atom. The summed E-state index contributed by atoms with van der Waals surface area (Å²) in [6.07, 6.45) is 3.49. The maximum absolute atomic E-state index is 14.0. The van der Waals surface area contributed by atoms with Crippen molar-refractivity contribution in [1.82, 2.24) is 15.1 Å². The van der Waals surface area contributed by atoms with E-state index in [4.69, 9.17) is 0 Å². The van der Waals surface area contributed by atoms with E-state index in [2.05, 4.69) is 15.7 Å². The number of amides is 2. The summed E-state index contributed by atoms with van der Waals surface area (Å²) < 4.78 is 15.8. The van der Waals surface area contributed by atoms with Gasteiger partial charge in [0.15, 0.2) is 5.78 Å². The van der Waals surface area contributed by atoms with Crippen molar-refractivity contribution in [2.75, 3.05) is 5.32 Å². The van der Waals surface area contributed by atoms with E-state index in [1.54, 1.807) is 16.3 Å². The normalized spacial score (nSPS) is 10.8. The molecule has 2 aromatic heterocycles. The molecule has 0 saturated heterocycles. The van der Waals surface area contributed by atoms with E-state index in [9.17, 15) is 18.8 Å². The van der Waals surface area contributed by atoms with E-state index in [1.165, 1.54) is 19.1 Å². The molecule has 0 spiro atoms. The molecule has 0 atom stereocenters. The highest BCUT2D eigenvalue weighted by molar-refractivity contribution is 7.12. The second-order valence-corrected chi connectivity index (χ2v) is 7.95. The molecule has 0 unspecified atom stereocenters. The van der Waals surface area contributed by atoms with Crippen molar-refractivity contribution in [3.05, 3.63) is 69.4 Å². The Morgan fingerprint density at radius 3 is 2.53 bits per heavy atom. The molecule has 2 N–H and O–H groups in total. The van der Waals surface area contributed by atoms with Crippen LogP contribution in [0.25, 0.3) is 0 Å². The van der Waals surface area contributed by atoms with Crippen LogP contribution in [0, 0.1) is 5.82 Å². The van der Waals surface area contributed by atoms with Gasteiger partial charge in [0, 0.05) is 41.0 Å². The van der Waals surface area contributed by atoms with Gasteiger partial charge in [-0.15, -0.1) is 11.3 Å². The first-order valence-corrected chi connectivity index (χ1v) is 10.1. The molecule has 0 aliphatic rings. The first-order chi connectivity index (χ1) is 14.2. The maximum atomic E-state index is 14.0. The summed E-state index contributed by atoms with van der Waals surface area (Å²) in [6, 6.07) is 5.30. The number of nitrogens with zero attached hydrogens (tertiary/aromatic N) is 2. The van der Waals surface area contributed by atoms with Crippen molar-refractivity contribution in [3.63, 3.8) is 0 Å². The number of Topliss-reactive ketones (excluding diaryl/α,β-unsaturated/α-hetero) is 1. The summed E-state index contributed by atoms with van der Waals surface area (Å²) in [5, 5.41) is 11.0. The van der Waals surface area contributed by atoms with Crippen molar-refractivity contribution < 1.29 is 18.8 Å². The van der Waals surface area contributed by atoms with Crippen LogP contribution in [0.15, 0.2) is 42.0 Å². The summed E-state index contributed by atoms with van der Waals surface area (Å²) in [6.45, 7) is 5.65. The molecule has 0 saturated carbocycles. The van der Waals surface area contributed by atoms with E-state index in [0.717, 1.165) is 29.0 Å². The maximum Gasteiger partial charge on any atom is 0.256 e. The van der Waals surface area contributed by atoms with Gasteiger partial charge in [0.05, 0.1) is 16.6 Å². The van der Waals surface area contributed by atoms with Crippen LogP contribution in [0.3, 0.4) is 0 Å². The second kappa shape index (κ2) is 9.00. The van der Waals surface area contributed by atoms with Gasteiger partial charge in [-0.2, -0.15) is 5.10 Å². The van der Waals surface area contributed by atoms with Gasteiger partial charge in [-0.25, -0.2) is 4.39 Å². The average Bonchev–Trinajstić information content (AvgIpc) is 3.35. The van der Waals surface area contributed by atoms with Crippen molar-refractivity contribution in [2.45, 2.75) is 33.4 Å². The average molecular weight is 428 g/mol.